The summed E-state index contributed by atoms with van der Waals surface area (Å²) in [4.78, 5) is 0.145. The van der Waals surface area contributed by atoms with Crippen molar-refractivity contribution in [3.05, 3.63) is 18.2 Å². The Kier molecular flexibility index (Phi) is 2.78. The first-order valence-corrected chi connectivity index (χ1v) is 9.09. The summed E-state index contributed by atoms with van der Waals surface area (Å²) >= 11 is 0. The zero-order valence-electron chi connectivity index (χ0n) is 12.0. The van der Waals surface area contributed by atoms with E-state index in [1.165, 1.54) is 26.3 Å². The van der Waals surface area contributed by atoms with Gasteiger partial charge in [-0.05, 0) is 68.2 Å². The fourth-order valence-electron chi connectivity index (χ4n) is 4.70. The SMILES string of the molecule is CNS(=O)(=O)c1ccc(NC2C3C4CCC(C4)C23)cc1N. The van der Waals surface area contributed by atoms with E-state index >= 15 is 0 Å². The molecule has 0 spiro atoms. The third kappa shape index (κ3) is 1.96. The van der Waals surface area contributed by atoms with Gasteiger partial charge in [-0.3, -0.25) is 0 Å². The molecule has 5 nitrogen and oxygen atoms in total. The summed E-state index contributed by atoms with van der Waals surface area (Å²) in [6.07, 6.45) is 4.21. The molecule has 3 aliphatic rings. The summed E-state index contributed by atoms with van der Waals surface area (Å²) in [7, 11) is -2.09. The third-order valence-electron chi connectivity index (χ3n) is 5.64. The van der Waals surface area contributed by atoms with Crippen LogP contribution in [0, 0.1) is 23.7 Å². The van der Waals surface area contributed by atoms with Crippen LogP contribution in [0.15, 0.2) is 23.1 Å². The van der Waals surface area contributed by atoms with Crippen LogP contribution in [0.1, 0.15) is 19.3 Å². The molecule has 2 bridgehead atoms. The van der Waals surface area contributed by atoms with E-state index in [1.54, 1.807) is 12.1 Å². The number of benzene rings is 1. The van der Waals surface area contributed by atoms with Crippen molar-refractivity contribution >= 4 is 21.4 Å². The number of fused-ring (bicyclic) bond motifs is 5. The van der Waals surface area contributed by atoms with Gasteiger partial charge in [-0.15, -0.1) is 0 Å². The van der Waals surface area contributed by atoms with Gasteiger partial charge >= 0.3 is 0 Å². The zero-order chi connectivity index (χ0) is 14.8. The molecule has 0 aliphatic heterocycles. The Hall–Kier alpha value is -1.27. The van der Waals surface area contributed by atoms with E-state index in [0.29, 0.717) is 11.7 Å². The molecule has 4 atom stereocenters. The first kappa shape index (κ1) is 13.4. The maximum atomic E-state index is 11.8. The first-order chi connectivity index (χ1) is 10.0. The topological polar surface area (TPSA) is 84.2 Å². The zero-order valence-corrected chi connectivity index (χ0v) is 12.9. The number of sulfonamides is 1. The third-order valence-corrected chi connectivity index (χ3v) is 7.12. The van der Waals surface area contributed by atoms with Crippen LogP contribution in [0.25, 0.3) is 0 Å². The van der Waals surface area contributed by atoms with Crippen molar-refractivity contribution in [1.82, 2.24) is 4.72 Å². The van der Waals surface area contributed by atoms with E-state index < -0.39 is 10.0 Å². The van der Waals surface area contributed by atoms with Gasteiger partial charge < -0.3 is 11.1 Å². The Balaban J connectivity index is 1.52. The maximum Gasteiger partial charge on any atom is 0.242 e. The molecule has 3 aliphatic carbocycles. The normalized spacial score (nSPS) is 36.5. The van der Waals surface area contributed by atoms with Gasteiger partial charge in [0, 0.05) is 11.7 Å². The van der Waals surface area contributed by atoms with Crippen molar-refractivity contribution < 1.29 is 8.42 Å². The number of nitrogen functional groups attached to an aromatic ring is 1. The number of hydrogen-bond acceptors (Lipinski definition) is 4. The predicted molar refractivity (Wildman–Crippen MR) is 82.3 cm³/mol. The fraction of sp³-hybridized carbons (Fsp3) is 0.600. The monoisotopic (exact) mass is 307 g/mol. The molecule has 21 heavy (non-hydrogen) atoms. The van der Waals surface area contributed by atoms with Crippen LogP contribution in [-0.4, -0.2) is 21.5 Å². The Morgan fingerprint density at radius 3 is 2.43 bits per heavy atom. The van der Waals surface area contributed by atoms with Gasteiger partial charge in [0.05, 0.1) is 5.69 Å². The van der Waals surface area contributed by atoms with Crippen molar-refractivity contribution in [2.24, 2.45) is 23.7 Å². The van der Waals surface area contributed by atoms with Crippen LogP contribution < -0.4 is 15.8 Å². The largest absolute Gasteiger partial charge is 0.398 e. The van der Waals surface area contributed by atoms with Gasteiger partial charge in [-0.25, -0.2) is 13.1 Å². The van der Waals surface area contributed by atoms with Crippen LogP contribution in [-0.2, 0) is 10.0 Å². The van der Waals surface area contributed by atoms with Gasteiger partial charge in [0.25, 0.3) is 0 Å². The molecule has 0 radical (unpaired) electrons. The van der Waals surface area contributed by atoms with Crippen LogP contribution in [0.4, 0.5) is 11.4 Å². The van der Waals surface area contributed by atoms with Gasteiger partial charge in [0.1, 0.15) is 4.90 Å². The Morgan fingerprint density at radius 1 is 1.19 bits per heavy atom. The summed E-state index contributed by atoms with van der Waals surface area (Å²) in [5.74, 6) is 3.51. The van der Waals surface area contributed by atoms with Crippen molar-refractivity contribution in [1.29, 1.82) is 0 Å². The molecule has 3 fully saturated rings. The molecule has 1 aromatic rings. The lowest BCUT2D eigenvalue weighted by Crippen LogP contribution is -2.20. The van der Waals surface area contributed by atoms with Crippen LogP contribution in [0.3, 0.4) is 0 Å². The molecule has 3 saturated carbocycles. The minimum atomic E-state index is -3.48. The molecule has 0 aromatic heterocycles. The number of nitrogens with two attached hydrogens (primary N) is 1. The lowest BCUT2D eigenvalue weighted by molar-refractivity contribution is 0.456. The molecule has 0 saturated heterocycles. The molecule has 4 unspecified atom stereocenters. The molecule has 4 N–H and O–H groups in total. The number of anilines is 2. The first-order valence-electron chi connectivity index (χ1n) is 7.61. The summed E-state index contributed by atoms with van der Waals surface area (Å²) in [5, 5.41) is 3.56. The standard InChI is InChI=1S/C15H21N3O2S/c1-17-21(19,20)12-5-4-10(7-11(12)16)18-15-13-8-2-3-9(6-8)14(13)15/h4-5,7-9,13-15,17-18H,2-3,6,16H2,1H3. The molecule has 4 rings (SSSR count). The second-order valence-corrected chi connectivity index (χ2v) is 8.47. The van der Waals surface area contributed by atoms with Crippen molar-refractivity contribution in [3.8, 4) is 0 Å². The van der Waals surface area contributed by atoms with Crippen LogP contribution in [0.5, 0.6) is 0 Å². The minimum Gasteiger partial charge on any atom is -0.398 e. The lowest BCUT2D eigenvalue weighted by Gasteiger charge is -2.13. The highest BCUT2D eigenvalue weighted by Gasteiger charge is 2.64. The molecule has 114 valence electrons. The molecule has 1 aromatic carbocycles. The molecule has 0 amide bonds. The van der Waals surface area contributed by atoms with Crippen molar-refractivity contribution in [3.63, 3.8) is 0 Å². The highest BCUT2D eigenvalue weighted by Crippen LogP contribution is 2.66. The van der Waals surface area contributed by atoms with E-state index in [0.717, 1.165) is 29.4 Å². The van der Waals surface area contributed by atoms with E-state index in [1.807, 2.05) is 6.07 Å². The van der Waals surface area contributed by atoms with Crippen molar-refractivity contribution in [2.45, 2.75) is 30.2 Å². The maximum absolute atomic E-state index is 11.8. The molecular formula is C15H21N3O2S. The summed E-state index contributed by atoms with van der Waals surface area (Å²) < 4.78 is 25.9. The van der Waals surface area contributed by atoms with Crippen LogP contribution in [0.2, 0.25) is 0 Å². The second-order valence-electron chi connectivity index (χ2n) is 6.62. The lowest BCUT2D eigenvalue weighted by atomic mass is 10.0. The van der Waals surface area contributed by atoms with Gasteiger partial charge in [0.2, 0.25) is 10.0 Å². The Bertz CT molecular complexity index is 672. The Morgan fingerprint density at radius 2 is 1.86 bits per heavy atom. The second kappa shape index (κ2) is 4.36. The summed E-state index contributed by atoms with van der Waals surface area (Å²) in [6, 6.07) is 5.70. The van der Waals surface area contributed by atoms with E-state index in [-0.39, 0.29) is 4.90 Å². The number of nitrogens with one attached hydrogen (secondary N) is 2. The van der Waals surface area contributed by atoms with E-state index in [4.69, 9.17) is 5.73 Å². The smallest absolute Gasteiger partial charge is 0.242 e. The highest BCUT2D eigenvalue weighted by molar-refractivity contribution is 7.89. The predicted octanol–water partition coefficient (Wildman–Crippen LogP) is 1.63. The average molecular weight is 307 g/mol. The number of rotatable bonds is 4. The van der Waals surface area contributed by atoms with Gasteiger partial charge in [-0.1, -0.05) is 0 Å². The van der Waals surface area contributed by atoms with Gasteiger partial charge in [-0.2, -0.15) is 0 Å². The summed E-state index contributed by atoms with van der Waals surface area (Å²) in [6.45, 7) is 0. The van der Waals surface area contributed by atoms with Gasteiger partial charge in [0.15, 0.2) is 0 Å². The van der Waals surface area contributed by atoms with E-state index in [9.17, 15) is 8.42 Å². The molecule has 6 heteroatoms. The number of hydrogen-bond donors (Lipinski definition) is 3. The average Bonchev–Trinajstić information content (AvgIpc) is 2.84. The van der Waals surface area contributed by atoms with Crippen molar-refractivity contribution in [2.75, 3.05) is 18.1 Å². The molecular weight excluding hydrogens is 286 g/mol. The summed E-state index contributed by atoms with van der Waals surface area (Å²) in [5.41, 5.74) is 7.13. The highest BCUT2D eigenvalue weighted by atomic mass is 32.2. The fourth-order valence-corrected chi connectivity index (χ4v) is 5.54. The quantitative estimate of drug-likeness (QED) is 0.738. The Labute approximate surface area is 125 Å². The minimum absolute atomic E-state index is 0.145. The molecule has 0 heterocycles. The van der Waals surface area contributed by atoms with Crippen LogP contribution >= 0.6 is 0 Å². The van der Waals surface area contributed by atoms with E-state index in [2.05, 4.69) is 10.0 Å².